The number of hydrogen-bond donors (Lipinski definition) is 2. The molecule has 0 fully saturated rings. The maximum atomic E-state index is 12.8. The highest BCUT2D eigenvalue weighted by Crippen LogP contribution is 2.31. The summed E-state index contributed by atoms with van der Waals surface area (Å²) in [5.41, 5.74) is 9.52. The average Bonchev–Trinajstić information content (AvgIpc) is 2.70. The molecule has 9 heteroatoms. The minimum absolute atomic E-state index is 0.0840. The van der Waals surface area contributed by atoms with Crippen molar-refractivity contribution in [3.05, 3.63) is 76.4 Å². The second kappa shape index (κ2) is 7.75. The van der Waals surface area contributed by atoms with E-state index < -0.39 is 10.0 Å². The summed E-state index contributed by atoms with van der Waals surface area (Å²) in [5.74, 6) is 0.211. The van der Waals surface area contributed by atoms with Crippen LogP contribution in [0.3, 0.4) is 0 Å². The number of nitrogens with two attached hydrogens (primary N) is 1. The third kappa shape index (κ3) is 4.05. The van der Waals surface area contributed by atoms with Crippen molar-refractivity contribution >= 4 is 55.8 Å². The van der Waals surface area contributed by atoms with Crippen LogP contribution >= 0.6 is 23.2 Å². The summed E-state index contributed by atoms with van der Waals surface area (Å²) < 4.78 is 28.2. The van der Waals surface area contributed by atoms with Gasteiger partial charge in [0.1, 0.15) is 4.90 Å². The second-order valence-electron chi connectivity index (χ2n) is 6.71. The number of nitrogen functional groups attached to an aromatic ring is 1. The van der Waals surface area contributed by atoms with Crippen molar-refractivity contribution in [2.75, 3.05) is 10.5 Å². The average molecular weight is 459 g/mol. The lowest BCUT2D eigenvalue weighted by Gasteiger charge is -2.13. The van der Waals surface area contributed by atoms with E-state index in [-0.39, 0.29) is 20.9 Å². The van der Waals surface area contributed by atoms with E-state index in [1.807, 2.05) is 31.2 Å². The second-order valence-corrected chi connectivity index (χ2v) is 9.21. The first-order valence-electron chi connectivity index (χ1n) is 8.84. The predicted octanol–water partition coefficient (Wildman–Crippen LogP) is 5.30. The summed E-state index contributed by atoms with van der Waals surface area (Å²) in [4.78, 5) is 8.15. The number of fused-ring (bicyclic) bond motifs is 1. The molecule has 0 saturated heterocycles. The highest BCUT2D eigenvalue weighted by molar-refractivity contribution is 7.92. The van der Waals surface area contributed by atoms with Gasteiger partial charge < -0.3 is 5.73 Å². The van der Waals surface area contributed by atoms with Gasteiger partial charge in [-0.3, -0.25) is 4.72 Å². The summed E-state index contributed by atoms with van der Waals surface area (Å²) >= 11 is 12.0. The summed E-state index contributed by atoms with van der Waals surface area (Å²) in [6.45, 7) is 1.95. The zero-order valence-electron chi connectivity index (χ0n) is 15.7. The van der Waals surface area contributed by atoms with E-state index in [0.29, 0.717) is 5.69 Å². The first-order valence-corrected chi connectivity index (χ1v) is 11.1. The van der Waals surface area contributed by atoms with Crippen molar-refractivity contribution in [1.29, 1.82) is 0 Å². The monoisotopic (exact) mass is 458 g/mol. The zero-order valence-corrected chi connectivity index (χ0v) is 18.1. The van der Waals surface area contributed by atoms with Gasteiger partial charge in [-0.15, -0.1) is 0 Å². The molecule has 0 amide bonds. The van der Waals surface area contributed by atoms with Gasteiger partial charge in [-0.25, -0.2) is 18.4 Å². The van der Waals surface area contributed by atoms with Gasteiger partial charge in [-0.2, -0.15) is 0 Å². The van der Waals surface area contributed by atoms with Crippen molar-refractivity contribution in [2.24, 2.45) is 0 Å². The number of halogens is 2. The summed E-state index contributed by atoms with van der Waals surface area (Å²) in [5, 5.41) is 1.20. The molecular weight excluding hydrogens is 443 g/mol. The Hall–Kier alpha value is -2.87. The Kier molecular flexibility index (Phi) is 5.27. The quantitative estimate of drug-likeness (QED) is 0.432. The first kappa shape index (κ1) is 20.4. The summed E-state index contributed by atoms with van der Waals surface area (Å²) in [7, 11) is -3.92. The first-order chi connectivity index (χ1) is 14.2. The number of rotatable bonds is 4. The van der Waals surface area contributed by atoms with Crippen molar-refractivity contribution in [3.63, 3.8) is 0 Å². The van der Waals surface area contributed by atoms with Crippen LogP contribution in [0.4, 0.5) is 11.6 Å². The summed E-state index contributed by atoms with van der Waals surface area (Å²) in [6, 6.07) is 15.3. The zero-order chi connectivity index (χ0) is 21.5. The molecule has 152 valence electrons. The fourth-order valence-electron chi connectivity index (χ4n) is 3.10. The Morgan fingerprint density at radius 1 is 1.00 bits per heavy atom. The smallest absolute Gasteiger partial charge is 0.263 e. The van der Waals surface area contributed by atoms with Gasteiger partial charge in [-0.1, -0.05) is 35.3 Å². The molecule has 0 radical (unpaired) electrons. The fourth-order valence-corrected chi connectivity index (χ4v) is 4.92. The number of nitrogens with one attached hydrogen (secondary N) is 1. The normalized spacial score (nSPS) is 11.6. The molecule has 0 saturated carbocycles. The molecule has 1 heterocycles. The fraction of sp³-hybridized carbons (Fsp3) is 0.0476. The molecule has 3 aromatic carbocycles. The van der Waals surface area contributed by atoms with E-state index in [9.17, 15) is 8.42 Å². The van der Waals surface area contributed by atoms with Crippen molar-refractivity contribution < 1.29 is 8.42 Å². The molecule has 6 nitrogen and oxygen atoms in total. The highest BCUT2D eigenvalue weighted by atomic mass is 35.5. The number of benzene rings is 3. The molecule has 0 atom stereocenters. The molecule has 4 aromatic rings. The highest BCUT2D eigenvalue weighted by Gasteiger charge is 2.19. The van der Waals surface area contributed by atoms with E-state index in [0.717, 1.165) is 27.6 Å². The molecule has 0 bridgehead atoms. The molecule has 1 aromatic heterocycles. The van der Waals surface area contributed by atoms with Crippen LogP contribution in [-0.2, 0) is 10.0 Å². The molecule has 4 rings (SSSR count). The van der Waals surface area contributed by atoms with E-state index >= 15 is 0 Å². The van der Waals surface area contributed by atoms with Crippen LogP contribution in [0.2, 0.25) is 10.0 Å². The maximum Gasteiger partial charge on any atom is 0.263 e. The molecule has 0 unspecified atom stereocenters. The van der Waals surface area contributed by atoms with E-state index in [2.05, 4.69) is 14.7 Å². The Morgan fingerprint density at radius 3 is 2.60 bits per heavy atom. The topological polar surface area (TPSA) is 98.0 Å². The van der Waals surface area contributed by atoms with Crippen LogP contribution in [0.5, 0.6) is 0 Å². The molecule has 0 spiro atoms. The van der Waals surface area contributed by atoms with Gasteiger partial charge in [0.05, 0.1) is 10.5 Å². The molecule has 0 aliphatic carbocycles. The lowest BCUT2D eigenvalue weighted by atomic mass is 9.99. The van der Waals surface area contributed by atoms with Crippen LogP contribution in [0.15, 0.2) is 65.7 Å². The van der Waals surface area contributed by atoms with Gasteiger partial charge in [0.15, 0.2) is 0 Å². The number of nitrogens with zero attached hydrogens (tertiary/aromatic N) is 2. The third-order valence-corrected chi connectivity index (χ3v) is 6.68. The Balaban J connectivity index is 1.73. The van der Waals surface area contributed by atoms with Crippen LogP contribution in [0, 0.1) is 6.92 Å². The SMILES string of the molecule is Cc1ccc(NS(=O)(=O)c2cc(Cl)ccc2Cl)cc1-c1ccc2nc(N)ncc2c1. The van der Waals surface area contributed by atoms with Gasteiger partial charge in [0, 0.05) is 22.3 Å². The Bertz CT molecular complexity index is 1390. The lowest BCUT2D eigenvalue weighted by molar-refractivity contribution is 0.601. The maximum absolute atomic E-state index is 12.8. The molecule has 3 N–H and O–H groups in total. The number of hydrogen-bond acceptors (Lipinski definition) is 5. The third-order valence-electron chi connectivity index (χ3n) is 4.58. The number of aromatic nitrogens is 2. The number of sulfonamides is 1. The van der Waals surface area contributed by atoms with Gasteiger partial charge in [-0.05, 0) is 66.1 Å². The minimum atomic E-state index is -3.92. The summed E-state index contributed by atoms with van der Waals surface area (Å²) in [6.07, 6.45) is 1.66. The van der Waals surface area contributed by atoms with Crippen LogP contribution in [0.1, 0.15) is 5.56 Å². The van der Waals surface area contributed by atoms with Crippen molar-refractivity contribution in [2.45, 2.75) is 11.8 Å². The molecular formula is C21H16Cl2N4O2S. The van der Waals surface area contributed by atoms with Crippen molar-refractivity contribution in [1.82, 2.24) is 9.97 Å². The molecule has 0 aliphatic heterocycles. The van der Waals surface area contributed by atoms with Crippen LogP contribution in [0.25, 0.3) is 22.0 Å². The van der Waals surface area contributed by atoms with E-state index in [1.54, 1.807) is 18.3 Å². The van der Waals surface area contributed by atoms with E-state index in [1.165, 1.54) is 18.2 Å². The van der Waals surface area contributed by atoms with Crippen LogP contribution in [-0.4, -0.2) is 18.4 Å². The van der Waals surface area contributed by atoms with Crippen LogP contribution < -0.4 is 10.5 Å². The van der Waals surface area contributed by atoms with Gasteiger partial charge in [0.2, 0.25) is 5.95 Å². The molecule has 30 heavy (non-hydrogen) atoms. The van der Waals surface area contributed by atoms with Gasteiger partial charge >= 0.3 is 0 Å². The standard InChI is InChI=1S/C21H16Cl2N4O2S/c1-12-2-5-16(27-30(28,29)20-9-15(22)4-6-18(20)23)10-17(12)13-3-7-19-14(8-13)11-25-21(24)26-19/h2-11,27H,1H3,(H2,24,25,26). The van der Waals surface area contributed by atoms with Crippen molar-refractivity contribution in [3.8, 4) is 11.1 Å². The Labute approximate surface area is 183 Å². The minimum Gasteiger partial charge on any atom is -0.368 e. The van der Waals surface area contributed by atoms with E-state index in [4.69, 9.17) is 28.9 Å². The predicted molar refractivity (Wildman–Crippen MR) is 121 cm³/mol. The lowest BCUT2D eigenvalue weighted by Crippen LogP contribution is -2.13. The largest absolute Gasteiger partial charge is 0.368 e. The number of anilines is 2. The number of aryl methyl sites for hydroxylation is 1. The molecule has 0 aliphatic rings. The Morgan fingerprint density at radius 2 is 1.80 bits per heavy atom. The van der Waals surface area contributed by atoms with Gasteiger partial charge in [0.25, 0.3) is 10.0 Å².